The molecule has 3 heterocycles. The molecular weight excluding hydrogens is 408 g/mol. The first-order valence-electron chi connectivity index (χ1n) is 11.0. The van der Waals surface area contributed by atoms with Crippen molar-refractivity contribution in [2.75, 3.05) is 0 Å². The fourth-order valence-electron chi connectivity index (χ4n) is 5.12. The van der Waals surface area contributed by atoms with Gasteiger partial charge in [0.2, 0.25) is 5.69 Å². The Kier molecular flexibility index (Phi) is 4.05. The number of ether oxygens (including phenoxy) is 1. The summed E-state index contributed by atoms with van der Waals surface area (Å²) in [7, 11) is 0.255. The summed E-state index contributed by atoms with van der Waals surface area (Å²) in [6.45, 7) is 7.02. The predicted octanol–water partition coefficient (Wildman–Crippen LogP) is 5.12. The number of benzene rings is 3. The second kappa shape index (κ2) is 6.75. The van der Waals surface area contributed by atoms with E-state index in [9.17, 15) is 0 Å². The fraction of sp³-hybridized carbons (Fsp3) is 0.143. The Morgan fingerprint density at radius 1 is 0.875 bits per heavy atom. The maximum Gasteiger partial charge on any atom is 0.228 e. The number of aryl methyl sites for hydroxylation is 2. The number of hydrogen-bond acceptors (Lipinski definition) is 2. The molecule has 156 valence electrons. The maximum atomic E-state index is 6.65. The van der Waals surface area contributed by atoms with Gasteiger partial charge in [0, 0.05) is 23.8 Å². The van der Waals surface area contributed by atoms with Crippen LogP contribution in [0.4, 0.5) is 0 Å². The molecule has 0 unspecified atom stereocenters. The smallest absolute Gasteiger partial charge is 0.228 e. The van der Waals surface area contributed by atoms with Crippen LogP contribution in [0.1, 0.15) is 5.56 Å². The van der Waals surface area contributed by atoms with E-state index in [1.54, 1.807) is 0 Å². The molecule has 2 aromatic heterocycles. The molecule has 0 fully saturated rings. The molecule has 32 heavy (non-hydrogen) atoms. The van der Waals surface area contributed by atoms with Crippen molar-refractivity contribution in [1.82, 2.24) is 4.98 Å². The lowest BCUT2D eigenvalue weighted by Gasteiger charge is -2.27. The third-order valence-electron chi connectivity index (χ3n) is 7.04. The summed E-state index contributed by atoms with van der Waals surface area (Å²) in [6, 6.07) is 22.0. The molecule has 0 aliphatic carbocycles. The van der Waals surface area contributed by atoms with Crippen molar-refractivity contribution in [3.63, 3.8) is 0 Å². The average Bonchev–Trinajstić information content (AvgIpc) is 2.81. The minimum absolute atomic E-state index is 0.912. The Hall–Kier alpha value is -3.50. The first kappa shape index (κ1) is 19.2. The van der Waals surface area contributed by atoms with Gasteiger partial charge in [-0.1, -0.05) is 59.9 Å². The van der Waals surface area contributed by atoms with Crippen molar-refractivity contribution in [2.24, 2.45) is 7.05 Å². The summed E-state index contributed by atoms with van der Waals surface area (Å²) in [5.74, 6) is 1.87. The molecule has 0 bridgehead atoms. The minimum Gasteiger partial charge on any atom is -0.456 e. The number of rotatable bonds is 2. The maximum absolute atomic E-state index is 6.65. The summed E-state index contributed by atoms with van der Waals surface area (Å²) in [5, 5.41) is 7.57. The largest absolute Gasteiger partial charge is 0.456 e. The van der Waals surface area contributed by atoms with Crippen molar-refractivity contribution in [3.8, 4) is 22.8 Å². The highest BCUT2D eigenvalue weighted by molar-refractivity contribution is 7.00. The second-order valence-electron chi connectivity index (χ2n) is 9.28. The highest BCUT2D eigenvalue weighted by atomic mass is 28.3. The molecule has 0 spiro atoms. The number of pyridine rings is 2. The zero-order valence-electron chi connectivity index (χ0n) is 18.8. The van der Waals surface area contributed by atoms with E-state index >= 15 is 0 Å². The minimum atomic E-state index is -1.87. The molecular formula is C28H25N2OSi+. The molecule has 6 rings (SSSR count). The van der Waals surface area contributed by atoms with Gasteiger partial charge in [0.05, 0.1) is 10.9 Å². The van der Waals surface area contributed by atoms with Crippen molar-refractivity contribution >= 4 is 40.0 Å². The predicted molar refractivity (Wildman–Crippen MR) is 134 cm³/mol. The molecule has 0 atom stereocenters. The topological polar surface area (TPSA) is 26.0 Å². The third-order valence-corrected chi connectivity index (χ3v) is 10.5. The van der Waals surface area contributed by atoms with E-state index in [0.717, 1.165) is 16.9 Å². The Labute approximate surface area is 189 Å². The summed E-state index contributed by atoms with van der Waals surface area (Å²) in [4.78, 5) is 4.33. The fourth-order valence-corrected chi connectivity index (χ4v) is 7.49. The zero-order chi connectivity index (χ0) is 22.0. The molecule has 5 aromatic rings. The summed E-state index contributed by atoms with van der Waals surface area (Å²) in [5.41, 5.74) is 3.63. The molecule has 0 radical (unpaired) electrons. The van der Waals surface area contributed by atoms with Crippen LogP contribution in [0.25, 0.3) is 32.8 Å². The Morgan fingerprint density at radius 3 is 2.50 bits per heavy atom. The Bertz CT molecular complexity index is 1540. The van der Waals surface area contributed by atoms with E-state index in [1.165, 1.54) is 43.4 Å². The molecule has 4 heteroatoms. The van der Waals surface area contributed by atoms with Gasteiger partial charge in [-0.2, -0.15) is 0 Å². The van der Waals surface area contributed by atoms with Crippen LogP contribution in [0, 0.1) is 6.92 Å². The molecule has 1 aliphatic rings. The number of hydrogen-bond donors (Lipinski definition) is 0. The first-order valence-corrected chi connectivity index (χ1v) is 14.0. The quantitative estimate of drug-likeness (QED) is 0.280. The number of nitrogens with zero attached hydrogens (tertiary/aromatic N) is 2. The SMILES string of the molecule is Cc1c2c(cc3cnccc13)Oc1cc([Si](C)(C)c3ccccc3)cc3cc[n+](C)c-2c13. The van der Waals surface area contributed by atoms with Crippen molar-refractivity contribution in [2.45, 2.75) is 20.0 Å². The highest BCUT2D eigenvalue weighted by Gasteiger charge is 2.33. The second-order valence-corrected chi connectivity index (χ2v) is 13.7. The van der Waals surface area contributed by atoms with E-state index in [4.69, 9.17) is 4.74 Å². The number of fused-ring (bicyclic) bond motifs is 3. The van der Waals surface area contributed by atoms with Crippen molar-refractivity contribution in [3.05, 3.63) is 84.8 Å². The van der Waals surface area contributed by atoms with Gasteiger partial charge in [0.25, 0.3) is 0 Å². The van der Waals surface area contributed by atoms with Crippen LogP contribution in [0.3, 0.4) is 0 Å². The molecule has 0 saturated heterocycles. The molecule has 3 aromatic carbocycles. The van der Waals surface area contributed by atoms with Gasteiger partial charge in [0.15, 0.2) is 6.20 Å². The van der Waals surface area contributed by atoms with Crippen LogP contribution in [0.5, 0.6) is 11.5 Å². The van der Waals surface area contributed by atoms with E-state index in [2.05, 4.69) is 103 Å². The van der Waals surface area contributed by atoms with E-state index in [0.29, 0.717) is 0 Å². The molecule has 1 aliphatic heterocycles. The van der Waals surface area contributed by atoms with E-state index < -0.39 is 8.07 Å². The van der Waals surface area contributed by atoms with Crippen LogP contribution in [-0.4, -0.2) is 13.1 Å². The van der Waals surface area contributed by atoms with Crippen molar-refractivity contribution in [1.29, 1.82) is 0 Å². The number of aromatic nitrogens is 2. The van der Waals surface area contributed by atoms with Gasteiger partial charge < -0.3 is 4.74 Å². The van der Waals surface area contributed by atoms with Gasteiger partial charge in [-0.15, -0.1) is 0 Å². The van der Waals surface area contributed by atoms with E-state index in [-0.39, 0.29) is 0 Å². The molecule has 0 amide bonds. The van der Waals surface area contributed by atoms with Gasteiger partial charge in [-0.05, 0) is 41.5 Å². The van der Waals surface area contributed by atoms with Crippen LogP contribution < -0.4 is 19.7 Å². The Balaban J connectivity index is 1.66. The van der Waals surface area contributed by atoms with Gasteiger partial charge >= 0.3 is 0 Å². The average molecular weight is 434 g/mol. The van der Waals surface area contributed by atoms with Gasteiger partial charge in [-0.3, -0.25) is 4.98 Å². The van der Waals surface area contributed by atoms with Gasteiger partial charge in [-0.25, -0.2) is 4.57 Å². The summed E-state index contributed by atoms with van der Waals surface area (Å²) in [6.07, 6.45) is 5.96. The lowest BCUT2D eigenvalue weighted by atomic mass is 9.93. The lowest BCUT2D eigenvalue weighted by Crippen LogP contribution is -2.52. The van der Waals surface area contributed by atoms with Crippen LogP contribution in [-0.2, 0) is 7.05 Å². The molecule has 0 saturated carbocycles. The lowest BCUT2D eigenvalue weighted by molar-refractivity contribution is -0.659. The Morgan fingerprint density at radius 2 is 1.69 bits per heavy atom. The van der Waals surface area contributed by atoms with Crippen LogP contribution in [0.2, 0.25) is 13.1 Å². The standard InChI is InChI=1S/C28H25N2OSi/c1-18-23-10-12-29-17-20(23)15-24-26(18)28-27-19(11-13-30(28)2)14-22(16-25(27)31-24)32(3,4)21-8-6-5-7-9-21/h5-17H,1-4H3/q+1. The summed E-state index contributed by atoms with van der Waals surface area (Å²) < 4.78 is 8.88. The van der Waals surface area contributed by atoms with Gasteiger partial charge in [0.1, 0.15) is 26.6 Å². The highest BCUT2D eigenvalue weighted by Crippen LogP contribution is 2.47. The third kappa shape index (κ3) is 2.66. The monoisotopic (exact) mass is 433 g/mol. The first-order chi connectivity index (χ1) is 15.4. The van der Waals surface area contributed by atoms with Crippen molar-refractivity contribution < 1.29 is 9.30 Å². The van der Waals surface area contributed by atoms with E-state index in [1.807, 2.05) is 12.4 Å². The molecule has 0 N–H and O–H groups in total. The molecule has 3 nitrogen and oxygen atoms in total. The van der Waals surface area contributed by atoms with Crippen LogP contribution >= 0.6 is 0 Å². The summed E-state index contributed by atoms with van der Waals surface area (Å²) >= 11 is 0. The van der Waals surface area contributed by atoms with Crippen LogP contribution in [0.15, 0.2) is 79.3 Å². The zero-order valence-corrected chi connectivity index (χ0v) is 19.8. The normalized spacial score (nSPS) is 12.6.